The van der Waals surface area contributed by atoms with Gasteiger partial charge in [-0.3, -0.25) is 0 Å². The van der Waals surface area contributed by atoms with Crippen LogP contribution in [0.5, 0.6) is 0 Å². The number of piperazine rings is 1. The third kappa shape index (κ3) is 4.36. The summed E-state index contributed by atoms with van der Waals surface area (Å²) in [6, 6.07) is 8.58. The lowest BCUT2D eigenvalue weighted by Gasteiger charge is -2.35. The second-order valence-corrected chi connectivity index (χ2v) is 6.28. The highest BCUT2D eigenvalue weighted by molar-refractivity contribution is 6.31. The van der Waals surface area contributed by atoms with Gasteiger partial charge in [-0.2, -0.15) is 5.26 Å². The molecule has 1 saturated heterocycles. The van der Waals surface area contributed by atoms with Crippen LogP contribution in [0.1, 0.15) is 25.3 Å². The summed E-state index contributed by atoms with van der Waals surface area (Å²) in [5, 5.41) is 13.1. The minimum Gasteiger partial charge on any atom is -0.369 e. The first-order chi connectivity index (χ1) is 10.7. The van der Waals surface area contributed by atoms with Crippen molar-refractivity contribution in [2.75, 3.05) is 38.1 Å². The highest BCUT2D eigenvalue weighted by Crippen LogP contribution is 2.28. The molecule has 1 aromatic carbocycles. The Balaban J connectivity index is 2.11. The number of halogens is 1. The average Bonchev–Trinajstić information content (AvgIpc) is 2.53. The molecule has 0 amide bonds. The fourth-order valence-electron chi connectivity index (χ4n) is 2.78. The van der Waals surface area contributed by atoms with Crippen molar-refractivity contribution < 1.29 is 0 Å². The molecule has 5 heteroatoms. The van der Waals surface area contributed by atoms with Crippen molar-refractivity contribution in [3.05, 3.63) is 28.8 Å². The Hall–Kier alpha value is -1.28. The molecule has 1 N–H and O–H groups in total. The lowest BCUT2D eigenvalue weighted by atomic mass is 10.1. The number of hydrogen-bond donors (Lipinski definition) is 1. The van der Waals surface area contributed by atoms with Crippen LogP contribution in [0.4, 0.5) is 5.69 Å². The van der Waals surface area contributed by atoms with Gasteiger partial charge in [-0.05, 0) is 25.6 Å². The molecule has 1 atom stereocenters. The topological polar surface area (TPSA) is 42.3 Å². The Labute approximate surface area is 138 Å². The minimum absolute atomic E-state index is 0.224. The van der Waals surface area contributed by atoms with Crippen molar-refractivity contribution in [2.24, 2.45) is 0 Å². The molecule has 1 aliphatic heterocycles. The molecule has 1 heterocycles. The number of anilines is 1. The monoisotopic (exact) mass is 320 g/mol. The Bertz CT molecular complexity index is 518. The van der Waals surface area contributed by atoms with Gasteiger partial charge in [0.1, 0.15) is 0 Å². The number of benzene rings is 1. The number of nitrogens with zero attached hydrogens (tertiary/aromatic N) is 3. The number of nitriles is 1. The summed E-state index contributed by atoms with van der Waals surface area (Å²) in [5.74, 6) is 0. The van der Waals surface area contributed by atoms with Crippen molar-refractivity contribution in [1.82, 2.24) is 10.2 Å². The van der Waals surface area contributed by atoms with E-state index in [1.54, 1.807) is 0 Å². The van der Waals surface area contributed by atoms with Gasteiger partial charge in [-0.25, -0.2) is 0 Å². The molecule has 0 radical (unpaired) electrons. The summed E-state index contributed by atoms with van der Waals surface area (Å²) in [6.45, 7) is 7.01. The first kappa shape index (κ1) is 17.1. The summed E-state index contributed by atoms with van der Waals surface area (Å²) in [6.07, 6.45) is 1.48. The molecule has 2 rings (SSSR count). The van der Waals surface area contributed by atoms with Gasteiger partial charge in [0, 0.05) is 55.0 Å². The molecule has 0 aromatic heterocycles. The van der Waals surface area contributed by atoms with Crippen molar-refractivity contribution in [3.63, 3.8) is 0 Å². The van der Waals surface area contributed by atoms with Gasteiger partial charge in [-0.1, -0.05) is 24.6 Å². The number of hydrogen-bond acceptors (Lipinski definition) is 4. The van der Waals surface area contributed by atoms with E-state index in [0.29, 0.717) is 13.0 Å². The quantitative estimate of drug-likeness (QED) is 0.875. The van der Waals surface area contributed by atoms with Crippen molar-refractivity contribution in [1.29, 1.82) is 5.26 Å². The van der Waals surface area contributed by atoms with Crippen LogP contribution in [-0.4, -0.2) is 44.2 Å². The fraction of sp³-hybridized carbons (Fsp3) is 0.588. The van der Waals surface area contributed by atoms with Gasteiger partial charge in [0.2, 0.25) is 0 Å². The summed E-state index contributed by atoms with van der Waals surface area (Å²) < 4.78 is 0. The first-order valence-electron chi connectivity index (χ1n) is 7.97. The van der Waals surface area contributed by atoms with Gasteiger partial charge in [0.05, 0.1) is 12.5 Å². The Morgan fingerprint density at radius 3 is 2.68 bits per heavy atom. The van der Waals surface area contributed by atoms with Gasteiger partial charge in [0.25, 0.3) is 0 Å². The van der Waals surface area contributed by atoms with E-state index in [0.717, 1.165) is 43.2 Å². The number of likely N-dealkylation sites (N-methyl/N-ethyl adjacent to an activating group) is 1. The van der Waals surface area contributed by atoms with Crippen LogP contribution < -0.4 is 10.2 Å². The van der Waals surface area contributed by atoms with E-state index in [-0.39, 0.29) is 6.04 Å². The van der Waals surface area contributed by atoms with E-state index >= 15 is 0 Å². The van der Waals surface area contributed by atoms with Gasteiger partial charge in [0.15, 0.2) is 0 Å². The highest BCUT2D eigenvalue weighted by atomic mass is 35.5. The molecule has 1 unspecified atom stereocenters. The second kappa shape index (κ2) is 8.38. The van der Waals surface area contributed by atoms with Crippen molar-refractivity contribution in [2.45, 2.75) is 32.4 Å². The normalized spacial score (nSPS) is 17.3. The predicted molar refractivity (Wildman–Crippen MR) is 92.3 cm³/mol. The van der Waals surface area contributed by atoms with Gasteiger partial charge >= 0.3 is 0 Å². The van der Waals surface area contributed by atoms with Crippen LogP contribution in [-0.2, 0) is 6.54 Å². The van der Waals surface area contributed by atoms with E-state index in [1.807, 2.05) is 12.1 Å². The van der Waals surface area contributed by atoms with Crippen molar-refractivity contribution >= 4 is 17.3 Å². The van der Waals surface area contributed by atoms with Gasteiger partial charge < -0.3 is 15.1 Å². The zero-order valence-electron chi connectivity index (χ0n) is 13.5. The third-order valence-electron chi connectivity index (χ3n) is 4.34. The molecule has 0 aliphatic carbocycles. The van der Waals surface area contributed by atoms with Crippen LogP contribution in [0.15, 0.2) is 18.2 Å². The van der Waals surface area contributed by atoms with E-state index in [4.69, 9.17) is 16.9 Å². The zero-order valence-corrected chi connectivity index (χ0v) is 14.2. The smallest absolute Gasteiger partial charge is 0.0638 e. The van der Waals surface area contributed by atoms with E-state index in [9.17, 15) is 0 Å². The molecule has 22 heavy (non-hydrogen) atoms. The Kier molecular flexibility index (Phi) is 6.50. The largest absolute Gasteiger partial charge is 0.369 e. The molecule has 0 bridgehead atoms. The Morgan fingerprint density at radius 1 is 1.32 bits per heavy atom. The summed E-state index contributed by atoms with van der Waals surface area (Å²) in [7, 11) is 2.16. The second-order valence-electron chi connectivity index (χ2n) is 5.88. The molecule has 0 saturated carbocycles. The maximum Gasteiger partial charge on any atom is 0.0638 e. The number of rotatable bonds is 6. The van der Waals surface area contributed by atoms with Crippen LogP contribution in [0, 0.1) is 11.3 Å². The molecule has 1 aromatic rings. The Morgan fingerprint density at radius 2 is 2.05 bits per heavy atom. The van der Waals surface area contributed by atoms with E-state index in [1.165, 1.54) is 5.69 Å². The van der Waals surface area contributed by atoms with E-state index in [2.05, 4.69) is 41.2 Å². The van der Waals surface area contributed by atoms with Crippen LogP contribution in [0.2, 0.25) is 5.02 Å². The van der Waals surface area contributed by atoms with E-state index < -0.39 is 0 Å². The van der Waals surface area contributed by atoms with Crippen molar-refractivity contribution in [3.8, 4) is 6.07 Å². The maximum absolute atomic E-state index is 8.87. The minimum atomic E-state index is 0.224. The zero-order chi connectivity index (χ0) is 15.9. The predicted octanol–water partition coefficient (Wildman–Crippen LogP) is 2.87. The molecular formula is C17H25ClN4. The maximum atomic E-state index is 8.87. The summed E-state index contributed by atoms with van der Waals surface area (Å²) >= 11 is 6.44. The third-order valence-corrected chi connectivity index (χ3v) is 4.69. The molecule has 1 aliphatic rings. The molecule has 4 nitrogen and oxygen atoms in total. The SMILES string of the molecule is CCC(CC#N)NCc1c(Cl)cccc1N1CCN(C)CC1. The first-order valence-corrected chi connectivity index (χ1v) is 8.34. The molecule has 0 spiro atoms. The fourth-order valence-corrected chi connectivity index (χ4v) is 3.02. The van der Waals surface area contributed by atoms with Crippen LogP contribution >= 0.6 is 11.6 Å². The number of nitrogens with one attached hydrogen (secondary N) is 1. The van der Waals surface area contributed by atoms with Crippen LogP contribution in [0.3, 0.4) is 0 Å². The average molecular weight is 321 g/mol. The molecular weight excluding hydrogens is 296 g/mol. The standard InChI is InChI=1S/C17H25ClN4/c1-3-14(7-8-19)20-13-15-16(18)5-4-6-17(15)22-11-9-21(2)10-12-22/h4-6,14,20H,3,7,9-13H2,1-2H3. The highest BCUT2D eigenvalue weighted by Gasteiger charge is 2.18. The van der Waals surface area contributed by atoms with Crippen LogP contribution in [0.25, 0.3) is 0 Å². The molecule has 1 fully saturated rings. The summed E-state index contributed by atoms with van der Waals surface area (Å²) in [5.41, 5.74) is 2.37. The molecule has 120 valence electrons. The van der Waals surface area contributed by atoms with Gasteiger partial charge in [-0.15, -0.1) is 0 Å². The lowest BCUT2D eigenvalue weighted by Crippen LogP contribution is -2.45. The summed E-state index contributed by atoms with van der Waals surface area (Å²) in [4.78, 5) is 4.76. The lowest BCUT2D eigenvalue weighted by molar-refractivity contribution is 0.312.